The van der Waals surface area contributed by atoms with Crippen molar-refractivity contribution in [1.29, 1.82) is 0 Å². The largest absolute Gasteiger partial charge is 0.391 e. The van der Waals surface area contributed by atoms with Gasteiger partial charge in [0.25, 0.3) is 0 Å². The first-order valence-corrected chi connectivity index (χ1v) is 11.2. The summed E-state index contributed by atoms with van der Waals surface area (Å²) in [6.07, 6.45) is -14.0. The van der Waals surface area contributed by atoms with Crippen LogP contribution in [0.2, 0.25) is 0 Å². The zero-order valence-electron chi connectivity index (χ0n) is 18.6. The van der Waals surface area contributed by atoms with Gasteiger partial charge in [0, 0.05) is 12.1 Å². The molecule has 15 atom stereocenters. The summed E-state index contributed by atoms with van der Waals surface area (Å²) in [4.78, 5) is 0. The predicted molar refractivity (Wildman–Crippen MR) is 112 cm³/mol. The summed E-state index contributed by atoms with van der Waals surface area (Å²) in [5.74, 6) is 0. The Balaban J connectivity index is 1.81. The topological polar surface area (TPSA) is 222 Å². The molecule has 3 aliphatic rings. The monoisotopic (exact) mass is 477 g/mol. The number of hydrogen-bond donors (Lipinski definition) is 9. The average molecular weight is 477 g/mol. The Bertz CT molecular complexity index is 639. The quantitative estimate of drug-likeness (QED) is 0.157. The van der Waals surface area contributed by atoms with Gasteiger partial charge in [-0.05, 0) is 19.8 Å². The molecule has 0 amide bonds. The molecule has 33 heavy (non-hydrogen) atoms. The third kappa shape index (κ3) is 5.38. The zero-order valence-corrected chi connectivity index (χ0v) is 18.6. The number of nitrogens with one attached hydrogen (secondary N) is 1. The lowest BCUT2D eigenvalue weighted by molar-refractivity contribution is -0.315. The van der Waals surface area contributed by atoms with Crippen molar-refractivity contribution in [3.63, 3.8) is 0 Å². The van der Waals surface area contributed by atoms with Gasteiger partial charge in [-0.15, -0.1) is 0 Å². The molecule has 0 bridgehead atoms. The Kier molecular flexibility index (Phi) is 9.11. The molecular weight excluding hydrogens is 441 g/mol. The molecule has 1 saturated carbocycles. The fraction of sp³-hybridized carbons (Fsp3) is 1.00. The second-order valence-electron chi connectivity index (χ2n) is 9.07. The molecule has 14 unspecified atom stereocenters. The van der Waals surface area contributed by atoms with Crippen LogP contribution in [0.15, 0.2) is 0 Å². The summed E-state index contributed by atoms with van der Waals surface area (Å²) < 4.78 is 23.0. The fourth-order valence-electron chi connectivity index (χ4n) is 4.64. The van der Waals surface area contributed by atoms with Crippen molar-refractivity contribution in [2.24, 2.45) is 11.5 Å². The number of nitrogens with two attached hydrogens (primary N) is 2. The van der Waals surface area contributed by atoms with Crippen molar-refractivity contribution in [2.75, 3.05) is 0 Å². The first-order valence-electron chi connectivity index (χ1n) is 11.2. The molecule has 0 aromatic carbocycles. The van der Waals surface area contributed by atoms with Gasteiger partial charge in [0.15, 0.2) is 20.6 Å². The molecule has 0 spiro atoms. The molecule has 14 heteroatoms. The summed E-state index contributed by atoms with van der Waals surface area (Å²) in [5.41, 5.74) is 12.3. The highest BCUT2D eigenvalue weighted by molar-refractivity contribution is 6.04. The van der Waals surface area contributed by atoms with Crippen LogP contribution < -0.4 is 16.7 Å². The van der Waals surface area contributed by atoms with Crippen LogP contribution in [0.25, 0.3) is 0 Å². The van der Waals surface area contributed by atoms with Gasteiger partial charge in [-0.25, -0.2) is 0 Å². The van der Waals surface area contributed by atoms with E-state index in [1.54, 1.807) is 6.92 Å². The van der Waals surface area contributed by atoms with E-state index in [-0.39, 0.29) is 6.42 Å². The zero-order chi connectivity index (χ0) is 24.6. The summed E-state index contributed by atoms with van der Waals surface area (Å²) in [6, 6.07) is -2.66. The molecule has 3 fully saturated rings. The first-order chi connectivity index (χ1) is 15.5. The van der Waals surface area contributed by atoms with Crippen molar-refractivity contribution < 1.29 is 49.6 Å². The lowest BCUT2D eigenvalue weighted by Gasteiger charge is -2.48. The molecule has 0 aromatic rings. The van der Waals surface area contributed by atoms with Gasteiger partial charge in [0.05, 0.1) is 24.4 Å². The second kappa shape index (κ2) is 11.1. The Morgan fingerprint density at radius 2 is 1.58 bits per heavy atom. The maximum atomic E-state index is 10.9. The number of rotatable bonds is 7. The Labute approximate surface area is 193 Å². The minimum atomic E-state index is -1.47. The van der Waals surface area contributed by atoms with Crippen molar-refractivity contribution in [3.8, 4) is 0 Å². The van der Waals surface area contributed by atoms with E-state index < -0.39 is 91.7 Å². The summed E-state index contributed by atoms with van der Waals surface area (Å²) in [5, 5.41) is 64.2. The molecule has 11 N–H and O–H groups in total. The van der Waals surface area contributed by atoms with Gasteiger partial charge in [-0.1, -0.05) is 6.92 Å². The highest BCUT2D eigenvalue weighted by Crippen LogP contribution is 2.33. The normalized spacial score (nSPS) is 52.1. The minimum Gasteiger partial charge on any atom is -0.391 e. The van der Waals surface area contributed by atoms with Crippen molar-refractivity contribution in [2.45, 2.75) is 118 Å². The van der Waals surface area contributed by atoms with Crippen LogP contribution in [0.4, 0.5) is 0 Å². The lowest BCUT2D eigenvalue weighted by Crippen LogP contribution is -2.68. The minimum absolute atomic E-state index is 0.170. The standard InChI is InChI=1S/C19H36BN3O10/c1-3-8-11(26)14(29)19(30-8)33-17-10(25)7(23-20)4-6(21)16(17)32-18-9(22)12(27)13(28)15(31-18)5(2)24/h5-19,23-29H,3-4,21-22H2,1-2H3/t5-,6?,7?,8?,9?,10?,11?,12?,13?,14?,15?,16?,17?,18?,19?/m1/s1. The smallest absolute Gasteiger partial charge is 0.187 e. The van der Waals surface area contributed by atoms with Gasteiger partial charge in [-0.3, -0.25) is 0 Å². The molecular formula is C19H36BN3O10. The molecule has 190 valence electrons. The number of ether oxygens (including phenoxy) is 4. The van der Waals surface area contributed by atoms with Gasteiger partial charge >= 0.3 is 0 Å². The molecule has 0 aromatic heterocycles. The maximum Gasteiger partial charge on any atom is 0.187 e. The van der Waals surface area contributed by atoms with Gasteiger partial charge in [0.2, 0.25) is 0 Å². The molecule has 2 saturated heterocycles. The fourth-order valence-corrected chi connectivity index (χ4v) is 4.64. The summed E-state index contributed by atoms with van der Waals surface area (Å²) in [7, 11) is 5.54. The van der Waals surface area contributed by atoms with Crippen LogP contribution in [-0.4, -0.2) is 130 Å². The lowest BCUT2D eigenvalue weighted by atomic mass is 9.83. The highest BCUT2D eigenvalue weighted by atomic mass is 16.7. The van der Waals surface area contributed by atoms with E-state index in [1.807, 2.05) is 0 Å². The van der Waals surface area contributed by atoms with E-state index >= 15 is 0 Å². The van der Waals surface area contributed by atoms with Crippen molar-refractivity contribution in [1.82, 2.24) is 5.23 Å². The number of aliphatic hydroxyl groups excluding tert-OH is 6. The van der Waals surface area contributed by atoms with E-state index in [0.29, 0.717) is 6.42 Å². The average Bonchev–Trinajstić information content (AvgIpc) is 3.05. The van der Waals surface area contributed by atoms with Gasteiger partial charge < -0.3 is 66.3 Å². The van der Waals surface area contributed by atoms with E-state index in [0.717, 1.165) is 0 Å². The third-order valence-corrected chi connectivity index (χ3v) is 6.70. The second-order valence-corrected chi connectivity index (χ2v) is 9.07. The van der Waals surface area contributed by atoms with Crippen LogP contribution >= 0.6 is 0 Å². The molecule has 3 rings (SSSR count). The third-order valence-electron chi connectivity index (χ3n) is 6.70. The molecule has 2 aliphatic heterocycles. The van der Waals surface area contributed by atoms with Crippen molar-refractivity contribution >= 4 is 7.98 Å². The van der Waals surface area contributed by atoms with Crippen LogP contribution in [0.1, 0.15) is 26.7 Å². The van der Waals surface area contributed by atoms with E-state index in [1.165, 1.54) is 6.92 Å². The van der Waals surface area contributed by atoms with Gasteiger partial charge in [-0.2, -0.15) is 0 Å². The van der Waals surface area contributed by atoms with Crippen LogP contribution in [-0.2, 0) is 18.9 Å². The molecule has 1 aliphatic carbocycles. The van der Waals surface area contributed by atoms with E-state index in [4.69, 9.17) is 38.4 Å². The molecule has 13 nitrogen and oxygen atoms in total. The van der Waals surface area contributed by atoms with Gasteiger partial charge in [0.1, 0.15) is 42.7 Å². The molecule has 2 radical (unpaired) electrons. The Morgan fingerprint density at radius 3 is 2.12 bits per heavy atom. The van der Waals surface area contributed by atoms with Crippen LogP contribution in [0.3, 0.4) is 0 Å². The van der Waals surface area contributed by atoms with E-state index in [9.17, 15) is 30.6 Å². The highest BCUT2D eigenvalue weighted by Gasteiger charge is 2.52. The number of hydrogen-bond acceptors (Lipinski definition) is 13. The SMILES string of the molecule is [B]NC1CC(N)C(OC2OC([C@@H](C)O)C(O)C(O)C2N)C(OC2OC(CC)C(O)C2O)C1O. The first kappa shape index (κ1) is 27.1. The summed E-state index contributed by atoms with van der Waals surface area (Å²) in [6.45, 7) is 3.15. The maximum absolute atomic E-state index is 10.9. The number of aliphatic hydroxyl groups is 6. The van der Waals surface area contributed by atoms with Crippen molar-refractivity contribution in [3.05, 3.63) is 0 Å². The van der Waals surface area contributed by atoms with Crippen LogP contribution in [0.5, 0.6) is 0 Å². The predicted octanol–water partition coefficient (Wildman–Crippen LogP) is -5.10. The Morgan fingerprint density at radius 1 is 0.939 bits per heavy atom. The van der Waals surface area contributed by atoms with E-state index in [2.05, 4.69) is 5.23 Å². The molecule has 2 heterocycles. The summed E-state index contributed by atoms with van der Waals surface area (Å²) >= 11 is 0. The van der Waals surface area contributed by atoms with Crippen LogP contribution in [0, 0.1) is 0 Å². The Hall–Kier alpha value is -0.455.